The van der Waals surface area contributed by atoms with Crippen LogP contribution < -0.4 is 5.32 Å². The Balaban J connectivity index is 2.78. The number of hydrogen-bond donors (Lipinski definition) is 4. The van der Waals surface area contributed by atoms with Crippen molar-refractivity contribution in [1.82, 2.24) is 5.32 Å². The van der Waals surface area contributed by atoms with Crippen LogP contribution in [0.2, 0.25) is 0 Å². The van der Waals surface area contributed by atoms with Crippen molar-refractivity contribution in [2.24, 2.45) is 0 Å². The standard InChI is InChI=1S/C4H9NO5S/c6-2-1-5-4(3(2)7)11(8,9)10/h2-7H,1H2,(H,8,9,10)/t2-,3-,4+/m1/s1. The lowest BCUT2D eigenvalue weighted by Gasteiger charge is -2.11. The topological polar surface area (TPSA) is 107 Å². The van der Waals surface area contributed by atoms with Crippen molar-refractivity contribution < 1.29 is 23.2 Å². The summed E-state index contributed by atoms with van der Waals surface area (Å²) >= 11 is 0. The van der Waals surface area contributed by atoms with Crippen LogP contribution in [0.25, 0.3) is 0 Å². The molecule has 0 aliphatic carbocycles. The summed E-state index contributed by atoms with van der Waals surface area (Å²) < 4.78 is 29.3. The van der Waals surface area contributed by atoms with Crippen molar-refractivity contribution in [3.63, 3.8) is 0 Å². The second-order valence-corrected chi connectivity index (χ2v) is 3.94. The molecule has 0 spiro atoms. The third kappa shape index (κ3) is 1.68. The van der Waals surface area contributed by atoms with Gasteiger partial charge in [-0.2, -0.15) is 8.42 Å². The number of aliphatic hydroxyl groups is 2. The summed E-state index contributed by atoms with van der Waals surface area (Å²) in [5.74, 6) is 0. The summed E-state index contributed by atoms with van der Waals surface area (Å²) in [6, 6.07) is 0. The molecule has 1 fully saturated rings. The van der Waals surface area contributed by atoms with Crippen LogP contribution >= 0.6 is 0 Å². The zero-order valence-corrected chi connectivity index (χ0v) is 6.32. The lowest BCUT2D eigenvalue weighted by molar-refractivity contribution is 0.0506. The van der Waals surface area contributed by atoms with Crippen LogP contribution in [0.5, 0.6) is 0 Å². The Morgan fingerprint density at radius 2 is 1.91 bits per heavy atom. The molecule has 0 saturated carbocycles. The highest BCUT2D eigenvalue weighted by atomic mass is 32.2. The predicted molar refractivity (Wildman–Crippen MR) is 35.4 cm³/mol. The molecule has 7 heteroatoms. The van der Waals surface area contributed by atoms with Gasteiger partial charge < -0.3 is 10.2 Å². The molecule has 11 heavy (non-hydrogen) atoms. The largest absolute Gasteiger partial charge is 0.389 e. The highest BCUT2D eigenvalue weighted by molar-refractivity contribution is 7.86. The highest BCUT2D eigenvalue weighted by Gasteiger charge is 2.40. The minimum Gasteiger partial charge on any atom is -0.389 e. The molecule has 1 aliphatic heterocycles. The first-order valence-corrected chi connectivity index (χ1v) is 4.49. The molecule has 1 heterocycles. The van der Waals surface area contributed by atoms with Crippen LogP contribution in [-0.4, -0.2) is 47.3 Å². The van der Waals surface area contributed by atoms with Gasteiger partial charge in [-0.05, 0) is 0 Å². The van der Waals surface area contributed by atoms with Gasteiger partial charge in [0.2, 0.25) is 0 Å². The van der Waals surface area contributed by atoms with Crippen LogP contribution in [-0.2, 0) is 10.1 Å². The van der Waals surface area contributed by atoms with Crippen LogP contribution in [0, 0.1) is 0 Å². The van der Waals surface area contributed by atoms with Gasteiger partial charge in [0.05, 0.1) is 6.10 Å². The molecule has 1 saturated heterocycles. The van der Waals surface area contributed by atoms with E-state index in [1.807, 2.05) is 0 Å². The molecule has 1 aliphatic rings. The maximum Gasteiger partial charge on any atom is 0.283 e. The fourth-order valence-corrected chi connectivity index (χ4v) is 1.80. The van der Waals surface area contributed by atoms with Gasteiger partial charge in [-0.1, -0.05) is 0 Å². The highest BCUT2D eigenvalue weighted by Crippen LogP contribution is 2.11. The second kappa shape index (κ2) is 2.68. The van der Waals surface area contributed by atoms with Crippen molar-refractivity contribution in [3.8, 4) is 0 Å². The number of aliphatic hydroxyl groups excluding tert-OH is 2. The van der Waals surface area contributed by atoms with Gasteiger partial charge in [0, 0.05) is 6.54 Å². The average molecular weight is 183 g/mol. The Morgan fingerprint density at radius 3 is 2.09 bits per heavy atom. The summed E-state index contributed by atoms with van der Waals surface area (Å²) in [6.45, 7) is -0.0361. The first-order valence-electron chi connectivity index (χ1n) is 2.99. The number of rotatable bonds is 1. The number of hydrogen-bond acceptors (Lipinski definition) is 5. The molecule has 66 valence electrons. The summed E-state index contributed by atoms with van der Waals surface area (Å²) in [7, 11) is -4.31. The van der Waals surface area contributed by atoms with Crippen LogP contribution in [0.3, 0.4) is 0 Å². The van der Waals surface area contributed by atoms with Crippen molar-refractivity contribution >= 4 is 10.1 Å². The lowest BCUT2D eigenvalue weighted by Crippen LogP contribution is -2.39. The van der Waals surface area contributed by atoms with E-state index in [2.05, 4.69) is 5.32 Å². The fourth-order valence-electron chi connectivity index (χ4n) is 0.962. The Kier molecular flexibility index (Phi) is 2.17. The first kappa shape index (κ1) is 8.88. The van der Waals surface area contributed by atoms with E-state index in [1.165, 1.54) is 0 Å². The van der Waals surface area contributed by atoms with Crippen LogP contribution in [0.4, 0.5) is 0 Å². The summed E-state index contributed by atoms with van der Waals surface area (Å²) in [4.78, 5) is 0. The fraction of sp³-hybridized carbons (Fsp3) is 1.00. The predicted octanol–water partition coefficient (Wildman–Crippen LogP) is -2.47. The lowest BCUT2D eigenvalue weighted by atomic mass is 10.3. The monoisotopic (exact) mass is 183 g/mol. The SMILES string of the molecule is O=S(=O)(O)[C@@H]1NC[C@@H](O)[C@H]1O. The molecule has 0 bridgehead atoms. The summed E-state index contributed by atoms with van der Waals surface area (Å²) in [5, 5.41) is 18.6. The molecular formula is C4H9NO5S. The van der Waals surface area contributed by atoms with E-state index >= 15 is 0 Å². The van der Waals surface area contributed by atoms with E-state index in [1.54, 1.807) is 0 Å². The van der Waals surface area contributed by atoms with E-state index in [0.29, 0.717) is 0 Å². The molecule has 6 nitrogen and oxygen atoms in total. The van der Waals surface area contributed by atoms with Crippen molar-refractivity contribution in [2.75, 3.05) is 6.54 Å². The Hall–Kier alpha value is -0.210. The normalized spacial score (nSPS) is 39.4. The van der Waals surface area contributed by atoms with Crippen molar-refractivity contribution in [1.29, 1.82) is 0 Å². The molecule has 0 unspecified atom stereocenters. The smallest absolute Gasteiger partial charge is 0.283 e. The molecule has 4 N–H and O–H groups in total. The van der Waals surface area contributed by atoms with E-state index < -0.39 is 27.7 Å². The van der Waals surface area contributed by atoms with E-state index in [0.717, 1.165) is 0 Å². The average Bonchev–Trinajstić information content (AvgIpc) is 2.11. The third-order valence-electron chi connectivity index (χ3n) is 1.55. The van der Waals surface area contributed by atoms with Gasteiger partial charge in [-0.3, -0.25) is 9.87 Å². The third-order valence-corrected chi connectivity index (χ3v) is 2.64. The van der Waals surface area contributed by atoms with Gasteiger partial charge in [-0.15, -0.1) is 0 Å². The molecule has 3 atom stereocenters. The van der Waals surface area contributed by atoms with Crippen molar-refractivity contribution in [3.05, 3.63) is 0 Å². The maximum absolute atomic E-state index is 10.4. The van der Waals surface area contributed by atoms with Crippen LogP contribution in [0.15, 0.2) is 0 Å². The summed E-state index contributed by atoms with van der Waals surface area (Å²) in [5.41, 5.74) is 0. The maximum atomic E-state index is 10.4. The Bertz CT molecular complexity index is 237. The van der Waals surface area contributed by atoms with Gasteiger partial charge in [0.25, 0.3) is 10.1 Å². The molecule has 0 amide bonds. The Labute approximate surface area is 63.6 Å². The quantitative estimate of drug-likeness (QED) is 0.335. The zero-order valence-electron chi connectivity index (χ0n) is 5.51. The first-order chi connectivity index (χ1) is 4.93. The minimum atomic E-state index is -4.31. The zero-order chi connectivity index (χ0) is 8.65. The molecule has 0 aromatic heterocycles. The second-order valence-electron chi connectivity index (χ2n) is 2.40. The Morgan fingerprint density at radius 1 is 1.36 bits per heavy atom. The number of nitrogens with one attached hydrogen (secondary N) is 1. The minimum absolute atomic E-state index is 0.0361. The molecule has 1 rings (SSSR count). The van der Waals surface area contributed by atoms with Gasteiger partial charge >= 0.3 is 0 Å². The van der Waals surface area contributed by atoms with E-state index in [4.69, 9.17) is 14.8 Å². The molecule has 0 aromatic rings. The molecular weight excluding hydrogens is 174 g/mol. The summed E-state index contributed by atoms with van der Waals surface area (Å²) in [6.07, 6.45) is -2.59. The van der Waals surface area contributed by atoms with Gasteiger partial charge in [-0.25, -0.2) is 0 Å². The molecule has 0 radical (unpaired) electrons. The van der Waals surface area contributed by atoms with Crippen LogP contribution in [0.1, 0.15) is 0 Å². The molecule has 0 aromatic carbocycles. The van der Waals surface area contributed by atoms with Gasteiger partial charge in [0.1, 0.15) is 6.10 Å². The number of β-amino-alcohol motifs (C(OH)–C–C–N with tert-alkyl or cyclic N) is 1. The van der Waals surface area contributed by atoms with E-state index in [-0.39, 0.29) is 6.54 Å². The van der Waals surface area contributed by atoms with Crippen molar-refractivity contribution in [2.45, 2.75) is 17.6 Å². The van der Waals surface area contributed by atoms with E-state index in [9.17, 15) is 8.42 Å². The van der Waals surface area contributed by atoms with Gasteiger partial charge in [0.15, 0.2) is 5.37 Å².